The third kappa shape index (κ3) is 3.74. The van der Waals surface area contributed by atoms with Crippen LogP contribution in [0.4, 0.5) is 13.2 Å². The van der Waals surface area contributed by atoms with Gasteiger partial charge in [0.05, 0.1) is 0 Å². The first-order chi connectivity index (χ1) is 14.3. The van der Waals surface area contributed by atoms with Crippen LogP contribution < -0.4 is 5.56 Å². The monoisotopic (exact) mass is 479 g/mol. The van der Waals surface area contributed by atoms with E-state index in [1.165, 1.54) is 6.20 Å². The van der Waals surface area contributed by atoms with Crippen molar-refractivity contribution in [3.8, 4) is 11.1 Å². The normalized spacial score (nSPS) is 14.9. The summed E-state index contributed by atoms with van der Waals surface area (Å²) in [5, 5.41) is 0. The van der Waals surface area contributed by atoms with Gasteiger partial charge in [0.25, 0.3) is 11.5 Å². The molecule has 1 aliphatic rings. The molecule has 9 heteroatoms. The number of amides is 1. The van der Waals surface area contributed by atoms with Gasteiger partial charge in [-0.25, -0.2) is 4.98 Å². The van der Waals surface area contributed by atoms with Crippen molar-refractivity contribution in [2.75, 3.05) is 13.1 Å². The molecule has 3 aromatic rings. The highest BCUT2D eigenvalue weighted by Gasteiger charge is 2.37. The maximum atomic E-state index is 13.3. The fraction of sp³-hybridized carbons (Fsp3) is 0.286. The number of carbonyl (C=O) groups excluding carboxylic acids is 1. The minimum Gasteiger partial charge on any atom is -0.339 e. The fourth-order valence-corrected chi connectivity index (χ4v) is 4.13. The van der Waals surface area contributed by atoms with E-state index in [0.29, 0.717) is 16.7 Å². The van der Waals surface area contributed by atoms with Crippen LogP contribution in [0.15, 0.2) is 51.9 Å². The van der Waals surface area contributed by atoms with Crippen LogP contribution in [0.1, 0.15) is 35.3 Å². The van der Waals surface area contributed by atoms with Crippen molar-refractivity contribution >= 4 is 27.5 Å². The SMILES string of the molecule is O=C(c1ccc(-c2cccn3c(=O)c(Br)c(C(F)(F)F)nc23)cc1)N1CCCCC1. The number of hydrogen-bond acceptors (Lipinski definition) is 3. The van der Waals surface area contributed by atoms with Crippen LogP contribution in [-0.2, 0) is 6.18 Å². The Morgan fingerprint density at radius 3 is 2.33 bits per heavy atom. The summed E-state index contributed by atoms with van der Waals surface area (Å²) >= 11 is 2.72. The quantitative estimate of drug-likeness (QED) is 0.531. The zero-order valence-electron chi connectivity index (χ0n) is 15.7. The maximum Gasteiger partial charge on any atom is 0.434 e. The van der Waals surface area contributed by atoms with Crippen LogP contribution in [-0.4, -0.2) is 33.3 Å². The molecule has 1 fully saturated rings. The van der Waals surface area contributed by atoms with Gasteiger partial charge in [-0.3, -0.25) is 14.0 Å². The van der Waals surface area contributed by atoms with E-state index in [4.69, 9.17) is 0 Å². The van der Waals surface area contributed by atoms with Gasteiger partial charge in [0.2, 0.25) is 0 Å². The molecule has 3 heterocycles. The lowest BCUT2D eigenvalue weighted by Gasteiger charge is -2.26. The Bertz CT molecular complexity index is 1170. The lowest BCUT2D eigenvalue weighted by molar-refractivity contribution is -0.141. The summed E-state index contributed by atoms with van der Waals surface area (Å²) in [7, 11) is 0. The number of halogens is 4. The molecule has 0 N–H and O–H groups in total. The van der Waals surface area contributed by atoms with Crippen LogP contribution in [0.3, 0.4) is 0 Å². The van der Waals surface area contributed by atoms with Crippen LogP contribution in [0.2, 0.25) is 0 Å². The molecule has 1 aromatic carbocycles. The highest BCUT2D eigenvalue weighted by molar-refractivity contribution is 9.10. The second-order valence-corrected chi connectivity index (χ2v) is 7.92. The number of alkyl halides is 3. The van der Waals surface area contributed by atoms with Crippen molar-refractivity contribution in [1.29, 1.82) is 0 Å². The van der Waals surface area contributed by atoms with Gasteiger partial charge in [-0.2, -0.15) is 13.2 Å². The lowest BCUT2D eigenvalue weighted by atomic mass is 10.0. The third-order valence-electron chi connectivity index (χ3n) is 5.15. The van der Waals surface area contributed by atoms with Gasteiger partial charge in [-0.15, -0.1) is 0 Å². The summed E-state index contributed by atoms with van der Waals surface area (Å²) in [4.78, 5) is 30.6. The average Bonchev–Trinajstić information content (AvgIpc) is 2.75. The molecule has 4 rings (SSSR count). The van der Waals surface area contributed by atoms with Gasteiger partial charge in [0.1, 0.15) is 10.1 Å². The zero-order chi connectivity index (χ0) is 21.5. The zero-order valence-corrected chi connectivity index (χ0v) is 17.3. The molecule has 30 heavy (non-hydrogen) atoms. The molecule has 5 nitrogen and oxygen atoms in total. The number of hydrogen-bond donors (Lipinski definition) is 0. The Morgan fingerprint density at radius 1 is 1.03 bits per heavy atom. The van der Waals surface area contributed by atoms with E-state index in [1.807, 2.05) is 4.90 Å². The lowest BCUT2D eigenvalue weighted by Crippen LogP contribution is -2.35. The van der Waals surface area contributed by atoms with E-state index in [0.717, 1.165) is 36.8 Å². The first kappa shape index (κ1) is 20.6. The molecule has 0 spiro atoms. The number of likely N-dealkylation sites (tertiary alicyclic amines) is 1. The fourth-order valence-electron chi connectivity index (χ4n) is 3.63. The van der Waals surface area contributed by atoms with Gasteiger partial charge in [-0.1, -0.05) is 12.1 Å². The Kier molecular flexibility index (Phi) is 5.40. The minimum absolute atomic E-state index is 0.0585. The topological polar surface area (TPSA) is 54.7 Å². The van der Waals surface area contributed by atoms with E-state index >= 15 is 0 Å². The van der Waals surface area contributed by atoms with Gasteiger partial charge in [-0.05, 0) is 65.0 Å². The minimum atomic E-state index is -4.77. The Morgan fingerprint density at radius 2 is 1.70 bits per heavy atom. The van der Waals surface area contributed by atoms with Gasteiger partial charge in [0, 0.05) is 30.4 Å². The van der Waals surface area contributed by atoms with Crippen LogP contribution in [0.25, 0.3) is 16.8 Å². The Hall–Kier alpha value is -2.68. The molecule has 0 aliphatic carbocycles. The number of aromatic nitrogens is 2. The highest BCUT2D eigenvalue weighted by atomic mass is 79.9. The number of benzene rings is 1. The van der Waals surface area contributed by atoms with Crippen molar-refractivity contribution in [3.05, 3.63) is 68.7 Å². The molecule has 2 aromatic heterocycles. The molecule has 156 valence electrons. The molecule has 0 unspecified atom stereocenters. The summed E-state index contributed by atoms with van der Waals surface area (Å²) in [5.74, 6) is -0.0585. The molecule has 0 bridgehead atoms. The standard InChI is InChI=1S/C21H17BrF3N3O2/c22-16-17(21(23,24)25)26-18-15(5-4-12-28(18)20(16)30)13-6-8-14(9-7-13)19(29)27-10-2-1-3-11-27/h4-9,12H,1-3,10-11H2. The number of carbonyl (C=O) groups is 1. The number of piperidine rings is 1. The average molecular weight is 480 g/mol. The maximum absolute atomic E-state index is 13.3. The third-order valence-corrected chi connectivity index (χ3v) is 5.87. The largest absolute Gasteiger partial charge is 0.434 e. The van der Waals surface area contributed by atoms with Crippen molar-refractivity contribution in [3.63, 3.8) is 0 Å². The summed E-state index contributed by atoms with van der Waals surface area (Å²) < 4.78 is 40.4. The van der Waals surface area contributed by atoms with Crippen LogP contribution >= 0.6 is 15.9 Å². The van der Waals surface area contributed by atoms with E-state index < -0.39 is 21.9 Å². The summed E-state index contributed by atoms with van der Waals surface area (Å²) in [6, 6.07) is 9.78. The molecule has 0 atom stereocenters. The predicted octanol–water partition coefficient (Wildman–Crippen LogP) is 4.77. The number of fused-ring (bicyclic) bond motifs is 1. The first-order valence-corrected chi connectivity index (χ1v) is 10.2. The Balaban J connectivity index is 1.77. The predicted molar refractivity (Wildman–Crippen MR) is 109 cm³/mol. The number of nitrogens with zero attached hydrogens (tertiary/aromatic N) is 3. The molecule has 0 radical (unpaired) electrons. The number of pyridine rings is 1. The molecule has 1 aliphatic heterocycles. The summed E-state index contributed by atoms with van der Waals surface area (Å²) in [6.45, 7) is 1.46. The van der Waals surface area contributed by atoms with Gasteiger partial charge >= 0.3 is 6.18 Å². The highest BCUT2D eigenvalue weighted by Crippen LogP contribution is 2.33. The van der Waals surface area contributed by atoms with E-state index in [1.54, 1.807) is 36.4 Å². The van der Waals surface area contributed by atoms with Gasteiger partial charge in [0.15, 0.2) is 5.69 Å². The van der Waals surface area contributed by atoms with E-state index in [-0.39, 0.29) is 11.6 Å². The molecule has 0 saturated carbocycles. The summed E-state index contributed by atoms with van der Waals surface area (Å²) in [6.07, 6.45) is -0.321. The Labute approximate surface area is 178 Å². The summed E-state index contributed by atoms with van der Waals surface area (Å²) in [5.41, 5.74) is -0.768. The second-order valence-electron chi connectivity index (χ2n) is 7.12. The van der Waals surface area contributed by atoms with Crippen molar-refractivity contribution in [2.45, 2.75) is 25.4 Å². The molecule has 1 amide bonds. The smallest absolute Gasteiger partial charge is 0.339 e. The van der Waals surface area contributed by atoms with E-state index in [2.05, 4.69) is 20.9 Å². The molecular weight excluding hydrogens is 463 g/mol. The first-order valence-electron chi connectivity index (χ1n) is 9.45. The number of rotatable bonds is 2. The molecular formula is C21H17BrF3N3O2. The van der Waals surface area contributed by atoms with Crippen molar-refractivity contribution < 1.29 is 18.0 Å². The van der Waals surface area contributed by atoms with Crippen LogP contribution in [0, 0.1) is 0 Å². The van der Waals surface area contributed by atoms with E-state index in [9.17, 15) is 22.8 Å². The molecule has 1 saturated heterocycles. The second kappa shape index (κ2) is 7.86. The van der Waals surface area contributed by atoms with Crippen molar-refractivity contribution in [2.24, 2.45) is 0 Å². The van der Waals surface area contributed by atoms with Crippen LogP contribution in [0.5, 0.6) is 0 Å². The van der Waals surface area contributed by atoms with Crippen molar-refractivity contribution in [1.82, 2.24) is 14.3 Å². The van der Waals surface area contributed by atoms with Gasteiger partial charge < -0.3 is 4.90 Å².